The van der Waals surface area contributed by atoms with E-state index in [4.69, 9.17) is 10.5 Å². The van der Waals surface area contributed by atoms with E-state index in [1.807, 2.05) is 32.0 Å². The van der Waals surface area contributed by atoms with Gasteiger partial charge in [-0.3, -0.25) is 0 Å². The molecule has 0 aliphatic carbocycles. The number of aromatic nitrogens is 2. The standard InChI is InChI=1S/C14H17N3O2/c1-4-19-14(18)11-8-16-17(13(11)15)12-9(2)6-5-7-10(12)3/h5-8H,4,15H2,1-3H3. The zero-order valence-corrected chi connectivity index (χ0v) is 11.3. The van der Waals surface area contributed by atoms with E-state index in [2.05, 4.69) is 5.10 Å². The maximum atomic E-state index is 11.7. The molecule has 0 spiro atoms. The Kier molecular flexibility index (Phi) is 3.55. The summed E-state index contributed by atoms with van der Waals surface area (Å²) in [4.78, 5) is 11.7. The number of nitrogens with two attached hydrogens (primary N) is 1. The Morgan fingerprint density at radius 3 is 2.58 bits per heavy atom. The Balaban J connectivity index is 2.51. The Morgan fingerprint density at radius 1 is 1.37 bits per heavy atom. The molecule has 1 aromatic heterocycles. The summed E-state index contributed by atoms with van der Waals surface area (Å²) < 4.78 is 6.53. The Labute approximate surface area is 112 Å². The van der Waals surface area contributed by atoms with Crippen LogP contribution in [0.3, 0.4) is 0 Å². The molecule has 0 aliphatic heterocycles. The van der Waals surface area contributed by atoms with Gasteiger partial charge in [-0.2, -0.15) is 5.10 Å². The lowest BCUT2D eigenvalue weighted by molar-refractivity contribution is 0.0527. The number of nitrogen functional groups attached to an aromatic ring is 1. The highest BCUT2D eigenvalue weighted by Gasteiger charge is 2.18. The fourth-order valence-electron chi connectivity index (χ4n) is 2.04. The molecule has 0 saturated heterocycles. The second-order valence-corrected chi connectivity index (χ2v) is 4.32. The van der Waals surface area contributed by atoms with Crippen LogP contribution >= 0.6 is 0 Å². The third-order valence-electron chi connectivity index (χ3n) is 2.95. The van der Waals surface area contributed by atoms with E-state index in [1.54, 1.807) is 11.6 Å². The molecule has 0 atom stereocenters. The SMILES string of the molecule is CCOC(=O)c1cnn(-c2c(C)cccc2C)c1N. The summed E-state index contributed by atoms with van der Waals surface area (Å²) >= 11 is 0. The summed E-state index contributed by atoms with van der Waals surface area (Å²) in [6, 6.07) is 5.93. The van der Waals surface area contributed by atoms with E-state index in [1.165, 1.54) is 6.20 Å². The number of hydrogen-bond acceptors (Lipinski definition) is 4. The summed E-state index contributed by atoms with van der Waals surface area (Å²) in [5, 5.41) is 4.20. The smallest absolute Gasteiger partial charge is 0.343 e. The Hall–Kier alpha value is -2.30. The van der Waals surface area contributed by atoms with E-state index in [9.17, 15) is 4.79 Å². The molecule has 0 amide bonds. The van der Waals surface area contributed by atoms with Crippen molar-refractivity contribution in [1.29, 1.82) is 0 Å². The van der Waals surface area contributed by atoms with Crippen molar-refractivity contribution in [3.05, 3.63) is 41.1 Å². The van der Waals surface area contributed by atoms with Crippen LogP contribution in [0, 0.1) is 13.8 Å². The normalized spacial score (nSPS) is 10.5. The van der Waals surface area contributed by atoms with Crippen LogP contribution in [-0.2, 0) is 4.74 Å². The molecule has 5 heteroatoms. The van der Waals surface area contributed by atoms with Crippen molar-refractivity contribution in [2.75, 3.05) is 12.3 Å². The summed E-state index contributed by atoms with van der Waals surface area (Å²) in [6.07, 6.45) is 1.44. The zero-order valence-electron chi connectivity index (χ0n) is 11.3. The number of hydrogen-bond donors (Lipinski definition) is 1. The number of nitrogens with zero attached hydrogens (tertiary/aromatic N) is 2. The first-order valence-electron chi connectivity index (χ1n) is 6.13. The van der Waals surface area contributed by atoms with Crippen molar-refractivity contribution in [3.63, 3.8) is 0 Å². The average molecular weight is 259 g/mol. The van der Waals surface area contributed by atoms with Gasteiger partial charge in [-0.1, -0.05) is 18.2 Å². The second kappa shape index (κ2) is 5.14. The largest absolute Gasteiger partial charge is 0.462 e. The zero-order chi connectivity index (χ0) is 14.0. The highest BCUT2D eigenvalue weighted by atomic mass is 16.5. The average Bonchev–Trinajstić information content (AvgIpc) is 2.72. The molecule has 0 bridgehead atoms. The molecule has 0 fully saturated rings. The third kappa shape index (κ3) is 2.31. The number of ether oxygens (including phenoxy) is 1. The van der Waals surface area contributed by atoms with Crippen molar-refractivity contribution < 1.29 is 9.53 Å². The van der Waals surface area contributed by atoms with Crippen LogP contribution in [0.25, 0.3) is 5.69 Å². The minimum atomic E-state index is -0.447. The van der Waals surface area contributed by atoms with Gasteiger partial charge in [-0.05, 0) is 31.9 Å². The van der Waals surface area contributed by atoms with E-state index in [0.29, 0.717) is 18.0 Å². The van der Waals surface area contributed by atoms with Crippen molar-refractivity contribution in [2.24, 2.45) is 0 Å². The number of anilines is 1. The van der Waals surface area contributed by atoms with Crippen LogP contribution in [0.5, 0.6) is 0 Å². The third-order valence-corrected chi connectivity index (χ3v) is 2.95. The predicted molar refractivity (Wildman–Crippen MR) is 73.4 cm³/mol. The van der Waals surface area contributed by atoms with Gasteiger partial charge in [-0.15, -0.1) is 0 Å². The van der Waals surface area contributed by atoms with Gasteiger partial charge in [0.25, 0.3) is 0 Å². The molecule has 2 rings (SSSR count). The molecule has 0 radical (unpaired) electrons. The van der Waals surface area contributed by atoms with Crippen LogP contribution in [-0.4, -0.2) is 22.4 Å². The van der Waals surface area contributed by atoms with Gasteiger partial charge in [0, 0.05) is 0 Å². The molecule has 5 nitrogen and oxygen atoms in total. The first-order chi connectivity index (χ1) is 9.06. The predicted octanol–water partition coefficient (Wildman–Crippen LogP) is 2.25. The van der Waals surface area contributed by atoms with E-state index >= 15 is 0 Å². The number of benzene rings is 1. The maximum absolute atomic E-state index is 11.7. The van der Waals surface area contributed by atoms with Gasteiger partial charge < -0.3 is 10.5 Å². The van der Waals surface area contributed by atoms with Gasteiger partial charge in [0.1, 0.15) is 11.4 Å². The molecule has 0 saturated carbocycles. The molecular formula is C14H17N3O2. The van der Waals surface area contributed by atoms with Crippen molar-refractivity contribution in [1.82, 2.24) is 9.78 Å². The second-order valence-electron chi connectivity index (χ2n) is 4.32. The lowest BCUT2D eigenvalue weighted by atomic mass is 10.1. The fourth-order valence-corrected chi connectivity index (χ4v) is 2.04. The summed E-state index contributed by atoms with van der Waals surface area (Å²) in [6.45, 7) is 6.03. The lowest BCUT2D eigenvalue weighted by Gasteiger charge is -2.11. The lowest BCUT2D eigenvalue weighted by Crippen LogP contribution is -2.10. The van der Waals surface area contributed by atoms with Gasteiger partial charge in [-0.25, -0.2) is 9.48 Å². The van der Waals surface area contributed by atoms with Crippen LogP contribution in [0.1, 0.15) is 28.4 Å². The molecule has 1 aromatic carbocycles. The molecule has 100 valence electrons. The molecule has 1 heterocycles. The maximum Gasteiger partial charge on any atom is 0.343 e. The summed E-state index contributed by atoms with van der Waals surface area (Å²) in [5.74, 6) is -0.145. The van der Waals surface area contributed by atoms with Gasteiger partial charge in [0.2, 0.25) is 0 Å². The van der Waals surface area contributed by atoms with Gasteiger partial charge in [0.15, 0.2) is 0 Å². The molecule has 19 heavy (non-hydrogen) atoms. The number of para-hydroxylation sites is 1. The Bertz CT molecular complexity index is 597. The van der Waals surface area contributed by atoms with Crippen LogP contribution < -0.4 is 5.73 Å². The first-order valence-corrected chi connectivity index (χ1v) is 6.13. The minimum Gasteiger partial charge on any atom is -0.462 e. The molecule has 2 N–H and O–H groups in total. The van der Waals surface area contributed by atoms with Crippen LogP contribution in [0.4, 0.5) is 5.82 Å². The number of carbonyl (C=O) groups excluding carboxylic acids is 1. The number of carbonyl (C=O) groups is 1. The van der Waals surface area contributed by atoms with E-state index in [0.717, 1.165) is 16.8 Å². The quantitative estimate of drug-likeness (QED) is 0.858. The minimum absolute atomic E-state index is 0.296. The summed E-state index contributed by atoms with van der Waals surface area (Å²) in [5.41, 5.74) is 9.29. The highest BCUT2D eigenvalue weighted by Crippen LogP contribution is 2.23. The molecule has 0 unspecified atom stereocenters. The van der Waals surface area contributed by atoms with Crippen LogP contribution in [0.15, 0.2) is 24.4 Å². The highest BCUT2D eigenvalue weighted by molar-refractivity contribution is 5.94. The van der Waals surface area contributed by atoms with Crippen LogP contribution in [0.2, 0.25) is 0 Å². The van der Waals surface area contributed by atoms with E-state index in [-0.39, 0.29) is 0 Å². The molecular weight excluding hydrogens is 242 g/mol. The summed E-state index contributed by atoms with van der Waals surface area (Å²) in [7, 11) is 0. The molecule has 2 aromatic rings. The van der Waals surface area contributed by atoms with E-state index < -0.39 is 5.97 Å². The van der Waals surface area contributed by atoms with Crippen molar-refractivity contribution >= 4 is 11.8 Å². The number of rotatable bonds is 3. The number of aryl methyl sites for hydroxylation is 2. The van der Waals surface area contributed by atoms with Crippen molar-refractivity contribution in [2.45, 2.75) is 20.8 Å². The number of esters is 1. The topological polar surface area (TPSA) is 70.1 Å². The molecule has 0 aliphatic rings. The monoisotopic (exact) mass is 259 g/mol. The first kappa shape index (κ1) is 13.1. The Morgan fingerprint density at radius 2 is 2.00 bits per heavy atom. The fraction of sp³-hybridized carbons (Fsp3) is 0.286. The van der Waals surface area contributed by atoms with Gasteiger partial charge in [0.05, 0.1) is 18.5 Å². The van der Waals surface area contributed by atoms with Crippen molar-refractivity contribution in [3.8, 4) is 5.69 Å². The van der Waals surface area contributed by atoms with Gasteiger partial charge >= 0.3 is 5.97 Å².